The fraction of sp³-hybridized carbons (Fsp3) is 0. The van der Waals surface area contributed by atoms with Crippen molar-refractivity contribution in [1.29, 1.82) is 0 Å². The molecule has 14 heavy (non-hydrogen) atoms. The minimum absolute atomic E-state index is 1.16. The molecule has 0 bridgehead atoms. The Hall–Kier alpha value is -0.600. The van der Waals surface area contributed by atoms with Crippen molar-refractivity contribution in [2.45, 2.75) is 0 Å². The fourth-order valence-corrected chi connectivity index (χ4v) is 2.84. The van der Waals surface area contributed by atoms with Gasteiger partial charge < -0.3 is 0 Å². The van der Waals surface area contributed by atoms with Crippen LogP contribution in [0, 0.1) is 0 Å². The van der Waals surface area contributed by atoms with Crippen molar-refractivity contribution in [3.63, 3.8) is 0 Å². The molecule has 0 nitrogen and oxygen atoms in total. The zero-order valence-corrected chi connectivity index (χ0v) is 10.4. The molecule has 0 saturated carbocycles. The number of rotatable bonds is 0. The molecule has 1 aliphatic carbocycles. The van der Waals surface area contributed by atoms with E-state index in [4.69, 9.17) is 0 Å². The molecule has 0 aromatic heterocycles. The molecule has 0 atom stereocenters. The van der Waals surface area contributed by atoms with E-state index in [2.05, 4.69) is 68.3 Å². The van der Waals surface area contributed by atoms with E-state index in [1.54, 1.807) is 0 Å². The summed E-state index contributed by atoms with van der Waals surface area (Å²) in [7, 11) is 0. The zero-order chi connectivity index (χ0) is 9.71. The first kappa shape index (κ1) is 8.69. The van der Waals surface area contributed by atoms with Crippen LogP contribution in [0.15, 0.2) is 33.2 Å². The van der Waals surface area contributed by atoms with Gasteiger partial charge in [0.1, 0.15) is 0 Å². The Morgan fingerprint density at radius 3 is 2.43 bits per heavy atom. The monoisotopic (exact) mass is 308 g/mol. The molecule has 1 aliphatic rings. The van der Waals surface area contributed by atoms with Gasteiger partial charge in [-0.2, -0.15) is 0 Å². The van der Waals surface area contributed by atoms with Crippen molar-refractivity contribution in [3.05, 3.63) is 44.3 Å². The molecule has 0 fully saturated rings. The molecular weight excluding hydrogens is 304 g/mol. The Labute approximate surface area is 98.9 Å². The van der Waals surface area contributed by atoms with Gasteiger partial charge in [-0.25, -0.2) is 0 Å². The summed E-state index contributed by atoms with van der Waals surface area (Å²) in [6, 6.07) is 8.49. The van der Waals surface area contributed by atoms with Crippen molar-refractivity contribution in [2.24, 2.45) is 0 Å². The predicted molar refractivity (Wildman–Crippen MR) is 68.3 cm³/mol. The highest BCUT2D eigenvalue weighted by Gasteiger charge is 2.12. The smallest absolute Gasteiger partial charge is 0.0254 e. The van der Waals surface area contributed by atoms with E-state index in [-0.39, 0.29) is 0 Å². The van der Waals surface area contributed by atoms with Crippen LogP contribution >= 0.6 is 31.9 Å². The van der Waals surface area contributed by atoms with Crippen molar-refractivity contribution < 1.29 is 0 Å². The summed E-state index contributed by atoms with van der Waals surface area (Å²) in [5.74, 6) is 0. The van der Waals surface area contributed by atoms with E-state index >= 15 is 0 Å². The first-order chi connectivity index (χ1) is 6.77. The van der Waals surface area contributed by atoms with Crippen LogP contribution in [0.3, 0.4) is 0 Å². The van der Waals surface area contributed by atoms with Crippen LogP contribution in [0.5, 0.6) is 0 Å². The van der Waals surface area contributed by atoms with Gasteiger partial charge in [-0.3, -0.25) is 0 Å². The topological polar surface area (TPSA) is 0 Å². The number of benzene rings is 2. The maximum atomic E-state index is 3.57. The zero-order valence-electron chi connectivity index (χ0n) is 7.22. The Morgan fingerprint density at radius 1 is 0.786 bits per heavy atom. The lowest BCUT2D eigenvalue weighted by Crippen LogP contribution is -1.81. The quantitative estimate of drug-likeness (QED) is 0.557. The Morgan fingerprint density at radius 2 is 1.57 bits per heavy atom. The lowest BCUT2D eigenvalue weighted by molar-refractivity contribution is 1.65. The first-order valence-corrected chi connectivity index (χ1v) is 5.95. The van der Waals surface area contributed by atoms with Crippen LogP contribution in [-0.4, -0.2) is 0 Å². The van der Waals surface area contributed by atoms with Gasteiger partial charge >= 0.3 is 0 Å². The Kier molecular flexibility index (Phi) is 1.83. The normalized spacial score (nSPS) is 12.7. The van der Waals surface area contributed by atoms with E-state index in [1.165, 1.54) is 21.9 Å². The van der Waals surface area contributed by atoms with Gasteiger partial charge in [0.2, 0.25) is 0 Å². The Balaban J connectivity index is 2.61. The van der Waals surface area contributed by atoms with Crippen molar-refractivity contribution >= 4 is 54.8 Å². The van der Waals surface area contributed by atoms with Crippen molar-refractivity contribution in [3.8, 4) is 0 Å². The summed E-state index contributed by atoms with van der Waals surface area (Å²) in [5, 5.41) is 2.62. The summed E-state index contributed by atoms with van der Waals surface area (Å²) in [6.45, 7) is 0. The van der Waals surface area contributed by atoms with Gasteiger partial charge in [0.25, 0.3) is 0 Å². The van der Waals surface area contributed by atoms with E-state index in [0.717, 1.165) is 8.95 Å². The van der Waals surface area contributed by atoms with Gasteiger partial charge in [-0.05, 0) is 34.0 Å². The van der Waals surface area contributed by atoms with Crippen LogP contribution in [0.4, 0.5) is 0 Å². The highest BCUT2D eigenvalue weighted by molar-refractivity contribution is 9.11. The Bertz CT molecular complexity index is 568. The second kappa shape index (κ2) is 2.94. The summed E-state index contributed by atoms with van der Waals surface area (Å²) >= 11 is 7.14. The third kappa shape index (κ3) is 1.04. The summed E-state index contributed by atoms with van der Waals surface area (Å²) in [6.07, 6.45) is 4.32. The van der Waals surface area contributed by atoms with Crippen LogP contribution in [0.2, 0.25) is 0 Å². The average molecular weight is 310 g/mol. The molecule has 3 rings (SSSR count). The molecule has 0 spiro atoms. The molecule has 2 heteroatoms. The molecule has 0 N–H and O–H groups in total. The van der Waals surface area contributed by atoms with E-state index in [9.17, 15) is 0 Å². The maximum Gasteiger partial charge on any atom is 0.0254 e. The number of hydrogen-bond donors (Lipinski definition) is 0. The van der Waals surface area contributed by atoms with Crippen LogP contribution in [0.1, 0.15) is 11.1 Å². The molecule has 0 radical (unpaired) electrons. The van der Waals surface area contributed by atoms with E-state index < -0.39 is 0 Å². The molecule has 0 heterocycles. The molecule has 0 amide bonds. The fourth-order valence-electron chi connectivity index (χ4n) is 1.92. The second-order valence-corrected chi connectivity index (χ2v) is 5.06. The first-order valence-electron chi connectivity index (χ1n) is 4.36. The summed E-state index contributed by atoms with van der Waals surface area (Å²) in [5.41, 5.74) is 2.60. The van der Waals surface area contributed by atoms with Crippen molar-refractivity contribution in [1.82, 2.24) is 0 Å². The van der Waals surface area contributed by atoms with Crippen molar-refractivity contribution in [2.75, 3.05) is 0 Å². The average Bonchev–Trinajstić information content (AvgIpc) is 2.60. The molecule has 68 valence electrons. The van der Waals surface area contributed by atoms with Gasteiger partial charge in [0, 0.05) is 8.95 Å². The number of halogens is 2. The third-order valence-corrected chi connectivity index (χ3v) is 3.96. The maximum absolute atomic E-state index is 3.57. The predicted octanol–water partition coefficient (Wildman–Crippen LogP) is 4.85. The third-order valence-electron chi connectivity index (χ3n) is 2.58. The van der Waals surface area contributed by atoms with Gasteiger partial charge in [-0.15, -0.1) is 0 Å². The molecular formula is C12H6Br2. The van der Waals surface area contributed by atoms with E-state index in [1.807, 2.05) is 0 Å². The molecule has 0 saturated heterocycles. The minimum atomic E-state index is 1.16. The molecule has 0 unspecified atom stereocenters. The standard InChI is InChI=1S/C12H6Br2/c13-10-5-2-7-1-3-8-11(14)6-4-9(10)12(7)8/h1-6H. The molecule has 0 aliphatic heterocycles. The summed E-state index contributed by atoms with van der Waals surface area (Å²) < 4.78 is 2.33. The van der Waals surface area contributed by atoms with Gasteiger partial charge in [-0.1, -0.05) is 56.1 Å². The molecule has 2 aromatic carbocycles. The lowest BCUT2D eigenvalue weighted by Gasteiger charge is -2.05. The molecule has 2 aromatic rings. The van der Waals surface area contributed by atoms with Crippen LogP contribution in [-0.2, 0) is 0 Å². The van der Waals surface area contributed by atoms with Crippen LogP contribution in [0.25, 0.3) is 22.9 Å². The lowest BCUT2D eigenvalue weighted by atomic mass is 10.0. The highest BCUT2D eigenvalue weighted by atomic mass is 79.9. The highest BCUT2D eigenvalue weighted by Crippen LogP contribution is 2.38. The minimum Gasteiger partial charge on any atom is -0.0537 e. The van der Waals surface area contributed by atoms with Crippen LogP contribution < -0.4 is 0 Å². The van der Waals surface area contributed by atoms with E-state index in [0.29, 0.717) is 0 Å². The largest absolute Gasteiger partial charge is 0.0537 e. The SMILES string of the molecule is Brc1ccc2c(Br)ccc3c2c1C=C3. The summed E-state index contributed by atoms with van der Waals surface area (Å²) in [4.78, 5) is 0. The van der Waals surface area contributed by atoms with Gasteiger partial charge in [0.05, 0.1) is 0 Å². The van der Waals surface area contributed by atoms with Gasteiger partial charge in [0.15, 0.2) is 0 Å². The second-order valence-electron chi connectivity index (χ2n) is 3.35. The number of hydrogen-bond acceptors (Lipinski definition) is 0.